The zero-order valence-electron chi connectivity index (χ0n) is 14.6. The van der Waals surface area contributed by atoms with E-state index >= 15 is 0 Å². The SMILES string of the molecule is Cc1ccc(-n2c(C(=O)O)c(C(=O)c3ccccc3)c(=O)[nH]c2=O)cc1C. The van der Waals surface area contributed by atoms with Crippen LogP contribution in [0.5, 0.6) is 0 Å². The van der Waals surface area contributed by atoms with Crippen LogP contribution in [-0.2, 0) is 0 Å². The van der Waals surface area contributed by atoms with Crippen LogP contribution >= 0.6 is 0 Å². The van der Waals surface area contributed by atoms with Crippen LogP contribution in [0.4, 0.5) is 0 Å². The number of hydrogen-bond donors (Lipinski definition) is 2. The average molecular weight is 364 g/mol. The molecule has 0 aliphatic carbocycles. The van der Waals surface area contributed by atoms with Gasteiger partial charge < -0.3 is 5.11 Å². The predicted molar refractivity (Wildman–Crippen MR) is 99.0 cm³/mol. The Bertz CT molecular complexity index is 1170. The summed E-state index contributed by atoms with van der Waals surface area (Å²) >= 11 is 0. The highest BCUT2D eigenvalue weighted by Gasteiger charge is 2.27. The van der Waals surface area contributed by atoms with Crippen LogP contribution in [0, 0.1) is 13.8 Å². The van der Waals surface area contributed by atoms with Crippen molar-refractivity contribution in [3.05, 3.63) is 97.3 Å². The number of aromatic nitrogens is 2. The van der Waals surface area contributed by atoms with Gasteiger partial charge in [0.1, 0.15) is 5.56 Å². The molecule has 0 aliphatic heterocycles. The van der Waals surface area contributed by atoms with Crippen molar-refractivity contribution in [2.45, 2.75) is 13.8 Å². The van der Waals surface area contributed by atoms with Crippen LogP contribution < -0.4 is 11.2 Å². The monoisotopic (exact) mass is 364 g/mol. The number of nitrogens with zero attached hydrogens (tertiary/aromatic N) is 1. The van der Waals surface area contributed by atoms with E-state index in [-0.39, 0.29) is 11.3 Å². The molecule has 0 amide bonds. The number of carbonyl (C=O) groups excluding carboxylic acids is 1. The maximum Gasteiger partial charge on any atom is 0.354 e. The van der Waals surface area contributed by atoms with E-state index in [2.05, 4.69) is 4.98 Å². The number of nitrogens with one attached hydrogen (secondary N) is 1. The summed E-state index contributed by atoms with van der Waals surface area (Å²) in [7, 11) is 0. The highest BCUT2D eigenvalue weighted by Crippen LogP contribution is 2.17. The van der Waals surface area contributed by atoms with Crippen molar-refractivity contribution in [1.29, 1.82) is 0 Å². The Kier molecular flexibility index (Phi) is 4.60. The summed E-state index contributed by atoms with van der Waals surface area (Å²) in [5.41, 5.74) is -1.04. The van der Waals surface area contributed by atoms with Crippen molar-refractivity contribution in [2.24, 2.45) is 0 Å². The molecule has 0 aliphatic rings. The average Bonchev–Trinajstić information content (AvgIpc) is 2.63. The summed E-state index contributed by atoms with van der Waals surface area (Å²) in [6, 6.07) is 12.7. The van der Waals surface area contributed by atoms with Gasteiger partial charge in [0.15, 0.2) is 5.69 Å². The van der Waals surface area contributed by atoms with Gasteiger partial charge in [-0.05, 0) is 37.1 Å². The van der Waals surface area contributed by atoms with E-state index in [0.29, 0.717) is 0 Å². The topological polar surface area (TPSA) is 109 Å². The van der Waals surface area contributed by atoms with E-state index in [9.17, 15) is 24.3 Å². The van der Waals surface area contributed by atoms with Crippen LogP contribution in [-0.4, -0.2) is 26.4 Å². The molecule has 7 nitrogen and oxygen atoms in total. The molecule has 1 aromatic heterocycles. The van der Waals surface area contributed by atoms with Crippen LogP contribution in [0.2, 0.25) is 0 Å². The number of ketones is 1. The molecule has 0 saturated heterocycles. The van der Waals surface area contributed by atoms with Crippen LogP contribution in [0.3, 0.4) is 0 Å². The van der Waals surface area contributed by atoms with Crippen molar-refractivity contribution >= 4 is 11.8 Å². The van der Waals surface area contributed by atoms with Gasteiger partial charge in [0.2, 0.25) is 5.78 Å². The fraction of sp³-hybridized carbons (Fsp3) is 0.100. The van der Waals surface area contributed by atoms with E-state index < -0.39 is 34.3 Å². The Morgan fingerprint density at radius 1 is 0.963 bits per heavy atom. The molecule has 3 aromatic rings. The molecule has 0 radical (unpaired) electrons. The van der Waals surface area contributed by atoms with Crippen molar-refractivity contribution in [3.8, 4) is 5.69 Å². The first kappa shape index (κ1) is 18.1. The Hall–Kier alpha value is -3.74. The number of aromatic carboxylic acids is 1. The molecular formula is C20H16N2O5. The third-order valence-electron chi connectivity index (χ3n) is 4.33. The predicted octanol–water partition coefficient (Wildman–Crippen LogP) is 2.07. The Labute approximate surface area is 153 Å². The Balaban J connectivity index is 2.37. The van der Waals surface area contributed by atoms with Crippen molar-refractivity contribution < 1.29 is 14.7 Å². The molecule has 3 rings (SSSR count). The van der Waals surface area contributed by atoms with Gasteiger partial charge in [-0.2, -0.15) is 0 Å². The summed E-state index contributed by atoms with van der Waals surface area (Å²) in [5.74, 6) is -2.32. The third-order valence-corrected chi connectivity index (χ3v) is 4.33. The number of H-pyrrole nitrogens is 1. The number of aryl methyl sites for hydroxylation is 2. The third kappa shape index (κ3) is 3.22. The van der Waals surface area contributed by atoms with Crippen molar-refractivity contribution in [3.63, 3.8) is 0 Å². The molecular weight excluding hydrogens is 348 g/mol. The molecule has 27 heavy (non-hydrogen) atoms. The van der Waals surface area contributed by atoms with Gasteiger partial charge in [-0.3, -0.25) is 19.1 Å². The molecule has 0 spiro atoms. The standard InChI is InChI=1S/C20H16N2O5/c1-11-8-9-14(10-12(11)2)22-16(19(25)26)15(18(24)21-20(22)27)17(23)13-6-4-3-5-7-13/h3-10H,1-2H3,(H,25,26)(H,21,24,27). The summed E-state index contributed by atoms with van der Waals surface area (Å²) in [6.45, 7) is 3.68. The molecule has 136 valence electrons. The van der Waals surface area contributed by atoms with Crippen molar-refractivity contribution in [2.75, 3.05) is 0 Å². The second kappa shape index (κ2) is 6.87. The smallest absolute Gasteiger partial charge is 0.354 e. The van der Waals surface area contributed by atoms with Crippen LogP contribution in [0.1, 0.15) is 37.5 Å². The zero-order valence-corrected chi connectivity index (χ0v) is 14.6. The van der Waals surface area contributed by atoms with Gasteiger partial charge >= 0.3 is 11.7 Å². The molecule has 1 heterocycles. The molecule has 0 fully saturated rings. The second-order valence-electron chi connectivity index (χ2n) is 6.09. The minimum absolute atomic E-state index is 0.149. The zero-order chi connectivity index (χ0) is 19.7. The molecule has 0 atom stereocenters. The minimum Gasteiger partial charge on any atom is -0.477 e. The molecule has 0 saturated carbocycles. The minimum atomic E-state index is -1.55. The largest absolute Gasteiger partial charge is 0.477 e. The lowest BCUT2D eigenvalue weighted by Crippen LogP contribution is -2.38. The summed E-state index contributed by atoms with van der Waals surface area (Å²) in [6.07, 6.45) is 0. The number of rotatable bonds is 4. The Morgan fingerprint density at radius 2 is 1.63 bits per heavy atom. The van der Waals surface area contributed by atoms with E-state index in [1.165, 1.54) is 12.1 Å². The fourth-order valence-electron chi connectivity index (χ4n) is 2.79. The Morgan fingerprint density at radius 3 is 2.22 bits per heavy atom. The normalized spacial score (nSPS) is 10.6. The van der Waals surface area contributed by atoms with Crippen molar-refractivity contribution in [1.82, 2.24) is 9.55 Å². The molecule has 0 unspecified atom stereocenters. The lowest BCUT2D eigenvalue weighted by atomic mass is 10.0. The van der Waals surface area contributed by atoms with Gasteiger partial charge in [-0.25, -0.2) is 9.59 Å². The highest BCUT2D eigenvalue weighted by atomic mass is 16.4. The summed E-state index contributed by atoms with van der Waals surface area (Å²) in [4.78, 5) is 51.5. The molecule has 7 heteroatoms. The molecule has 2 aromatic carbocycles. The number of carboxylic acid groups (broad SMARTS) is 1. The van der Waals surface area contributed by atoms with Gasteiger partial charge in [0, 0.05) is 5.56 Å². The molecule has 2 N–H and O–H groups in total. The highest BCUT2D eigenvalue weighted by molar-refractivity contribution is 6.13. The number of benzene rings is 2. The maximum absolute atomic E-state index is 12.8. The fourth-order valence-corrected chi connectivity index (χ4v) is 2.79. The number of carbonyl (C=O) groups is 2. The number of aromatic amines is 1. The number of hydrogen-bond acceptors (Lipinski definition) is 4. The lowest BCUT2D eigenvalue weighted by Gasteiger charge is -2.14. The lowest BCUT2D eigenvalue weighted by molar-refractivity contribution is 0.0681. The quantitative estimate of drug-likeness (QED) is 0.689. The maximum atomic E-state index is 12.8. The van der Waals surface area contributed by atoms with E-state index in [1.807, 2.05) is 13.8 Å². The van der Waals surface area contributed by atoms with E-state index in [0.717, 1.165) is 15.7 Å². The van der Waals surface area contributed by atoms with Gasteiger partial charge in [-0.1, -0.05) is 36.4 Å². The van der Waals surface area contributed by atoms with E-state index in [1.54, 1.807) is 36.4 Å². The van der Waals surface area contributed by atoms with Crippen LogP contribution in [0.15, 0.2) is 58.1 Å². The van der Waals surface area contributed by atoms with Gasteiger partial charge in [0.25, 0.3) is 5.56 Å². The first-order valence-electron chi connectivity index (χ1n) is 8.11. The summed E-state index contributed by atoms with van der Waals surface area (Å²) in [5, 5.41) is 9.71. The summed E-state index contributed by atoms with van der Waals surface area (Å²) < 4.78 is 0.840. The second-order valence-corrected chi connectivity index (χ2v) is 6.09. The first-order valence-corrected chi connectivity index (χ1v) is 8.11. The van der Waals surface area contributed by atoms with Crippen LogP contribution in [0.25, 0.3) is 5.69 Å². The first-order chi connectivity index (χ1) is 12.8. The number of carboxylic acids is 1. The van der Waals surface area contributed by atoms with Gasteiger partial charge in [-0.15, -0.1) is 0 Å². The van der Waals surface area contributed by atoms with E-state index in [4.69, 9.17) is 0 Å². The molecule has 0 bridgehead atoms. The van der Waals surface area contributed by atoms with Gasteiger partial charge in [0.05, 0.1) is 5.69 Å².